The van der Waals surface area contributed by atoms with Gasteiger partial charge in [-0.2, -0.15) is 0 Å². The van der Waals surface area contributed by atoms with Gasteiger partial charge in [-0.05, 0) is 125 Å². The van der Waals surface area contributed by atoms with E-state index in [4.69, 9.17) is 0 Å². The van der Waals surface area contributed by atoms with Gasteiger partial charge in [-0.1, -0.05) is 91.9 Å². The Morgan fingerprint density at radius 2 is 1.40 bits per heavy atom. The third-order valence-electron chi connectivity index (χ3n) is 11.2. The van der Waals surface area contributed by atoms with Gasteiger partial charge in [0.2, 0.25) is 0 Å². The van der Waals surface area contributed by atoms with Crippen LogP contribution < -0.4 is 30.6 Å². The molecule has 276 valence electrons. The molecule has 2 aliphatic carbocycles. The highest BCUT2D eigenvalue weighted by Crippen LogP contribution is 2.68. The molecule has 55 heavy (non-hydrogen) atoms. The average molecular weight is 741 g/mol. The quantitative estimate of drug-likeness (QED) is 0.168. The van der Waals surface area contributed by atoms with Gasteiger partial charge in [-0.15, -0.1) is 0 Å². The van der Waals surface area contributed by atoms with Crippen LogP contribution in [0.2, 0.25) is 0 Å². The Hall–Kier alpha value is -5.51. The summed E-state index contributed by atoms with van der Waals surface area (Å²) < 4.78 is 17.0. The van der Waals surface area contributed by atoms with Crippen LogP contribution in [0.1, 0.15) is 51.7 Å². The van der Waals surface area contributed by atoms with Crippen LogP contribution in [-0.4, -0.2) is 17.6 Å². The zero-order valence-electron chi connectivity index (χ0n) is 32.4. The molecular formula is C49H49N4OP. The van der Waals surface area contributed by atoms with E-state index in [1.165, 1.54) is 11.3 Å². The summed E-state index contributed by atoms with van der Waals surface area (Å²) in [7, 11) is -3.43. The van der Waals surface area contributed by atoms with E-state index in [1.807, 2.05) is 0 Å². The first-order valence-corrected chi connectivity index (χ1v) is 21.4. The molecule has 0 saturated heterocycles. The highest BCUT2D eigenvalue weighted by molar-refractivity contribution is 7.83. The summed E-state index contributed by atoms with van der Waals surface area (Å²) >= 11 is 0. The highest BCUT2D eigenvalue weighted by Gasteiger charge is 2.51. The van der Waals surface area contributed by atoms with Gasteiger partial charge in [-0.25, -0.2) is 0 Å². The molecule has 3 unspecified atom stereocenters. The third-order valence-corrected chi connectivity index (χ3v) is 14.4. The SMILES string of the molecule is CCc1cc2c(cc1NC(C)(C)C)N(c1ccccc1)c1cc(C)cc3c1P2(=O)C1=CCC(N(c2ccccc2)C2C=CC=CC2)C=C1N3c1ccccc1. The van der Waals surface area contributed by atoms with Crippen LogP contribution in [0.25, 0.3) is 0 Å². The molecule has 2 aliphatic heterocycles. The van der Waals surface area contributed by atoms with Crippen molar-refractivity contribution in [2.24, 2.45) is 0 Å². The fourth-order valence-electron chi connectivity index (χ4n) is 8.96. The van der Waals surface area contributed by atoms with Gasteiger partial charge >= 0.3 is 0 Å². The van der Waals surface area contributed by atoms with Gasteiger partial charge in [0, 0.05) is 38.9 Å². The predicted molar refractivity (Wildman–Crippen MR) is 234 cm³/mol. The summed E-state index contributed by atoms with van der Waals surface area (Å²) in [6, 6.07) is 41.3. The molecule has 2 heterocycles. The van der Waals surface area contributed by atoms with Crippen molar-refractivity contribution < 1.29 is 4.57 Å². The number of hydrogen-bond acceptors (Lipinski definition) is 5. The summed E-state index contributed by atoms with van der Waals surface area (Å²) in [5.74, 6) is 0. The van der Waals surface area contributed by atoms with Crippen molar-refractivity contribution >= 4 is 57.6 Å². The van der Waals surface area contributed by atoms with Crippen LogP contribution in [0.5, 0.6) is 0 Å². The van der Waals surface area contributed by atoms with Gasteiger partial charge in [0.15, 0.2) is 7.14 Å². The Morgan fingerprint density at radius 3 is 2.02 bits per heavy atom. The molecule has 9 rings (SSSR count). The first-order chi connectivity index (χ1) is 26.7. The normalized spacial score (nSPS) is 20.9. The van der Waals surface area contributed by atoms with E-state index in [-0.39, 0.29) is 17.6 Å². The molecule has 5 aromatic carbocycles. The van der Waals surface area contributed by atoms with E-state index in [1.54, 1.807) is 0 Å². The van der Waals surface area contributed by atoms with Gasteiger partial charge < -0.3 is 24.6 Å². The summed E-state index contributed by atoms with van der Waals surface area (Å²) in [5.41, 5.74) is 10.5. The molecule has 0 aromatic heterocycles. The van der Waals surface area contributed by atoms with Crippen LogP contribution >= 0.6 is 7.14 Å². The summed E-state index contributed by atoms with van der Waals surface area (Å²) in [6.07, 6.45) is 16.1. The number of aryl methyl sites for hydroxylation is 2. The van der Waals surface area contributed by atoms with E-state index in [0.717, 1.165) is 80.6 Å². The lowest BCUT2D eigenvalue weighted by Gasteiger charge is -2.48. The fourth-order valence-corrected chi connectivity index (χ4v) is 12.4. The van der Waals surface area contributed by atoms with Crippen molar-refractivity contribution in [1.29, 1.82) is 0 Å². The predicted octanol–water partition coefficient (Wildman–Crippen LogP) is 11.9. The topological polar surface area (TPSA) is 38.8 Å². The van der Waals surface area contributed by atoms with E-state index in [0.29, 0.717) is 0 Å². The van der Waals surface area contributed by atoms with Crippen LogP contribution in [0, 0.1) is 6.92 Å². The van der Waals surface area contributed by atoms with Crippen LogP contribution in [0.3, 0.4) is 0 Å². The average Bonchev–Trinajstić information content (AvgIpc) is 3.19. The Kier molecular flexibility index (Phi) is 8.74. The highest BCUT2D eigenvalue weighted by atomic mass is 31.2. The lowest BCUT2D eigenvalue weighted by Crippen LogP contribution is -2.45. The van der Waals surface area contributed by atoms with E-state index >= 15 is 4.57 Å². The number of rotatable bonds is 7. The van der Waals surface area contributed by atoms with Crippen molar-refractivity contribution in [1.82, 2.24) is 0 Å². The smallest absolute Gasteiger partial charge is 0.178 e. The lowest BCUT2D eigenvalue weighted by molar-refractivity contribution is 0.587. The van der Waals surface area contributed by atoms with Crippen molar-refractivity contribution in [2.45, 2.75) is 71.5 Å². The van der Waals surface area contributed by atoms with Gasteiger partial charge in [0.1, 0.15) is 0 Å². The Morgan fingerprint density at radius 1 is 0.764 bits per heavy atom. The number of fused-ring (bicyclic) bond motifs is 4. The van der Waals surface area contributed by atoms with Crippen molar-refractivity contribution in [2.75, 3.05) is 20.0 Å². The third kappa shape index (κ3) is 5.97. The molecule has 0 amide bonds. The van der Waals surface area contributed by atoms with E-state index in [2.05, 4.69) is 206 Å². The lowest BCUT2D eigenvalue weighted by atomic mass is 9.97. The minimum atomic E-state index is -3.43. The van der Waals surface area contributed by atoms with Crippen molar-refractivity contribution in [3.8, 4) is 0 Å². The summed E-state index contributed by atoms with van der Waals surface area (Å²) in [4.78, 5) is 7.31. The summed E-state index contributed by atoms with van der Waals surface area (Å²) in [5, 5.41) is 6.57. The first kappa shape index (κ1) is 35.2. The number of allylic oxidation sites excluding steroid dienone is 3. The van der Waals surface area contributed by atoms with Crippen LogP contribution in [0.15, 0.2) is 163 Å². The molecule has 0 bridgehead atoms. The number of benzene rings is 5. The number of hydrogen-bond donors (Lipinski definition) is 1. The first-order valence-electron chi connectivity index (χ1n) is 19.7. The number of para-hydroxylation sites is 3. The number of nitrogens with zero attached hydrogens (tertiary/aromatic N) is 3. The Bertz CT molecular complexity index is 2440. The van der Waals surface area contributed by atoms with Crippen LogP contribution in [-0.2, 0) is 11.0 Å². The van der Waals surface area contributed by atoms with Gasteiger partial charge in [0.25, 0.3) is 0 Å². The second-order valence-electron chi connectivity index (χ2n) is 16.1. The number of anilines is 7. The maximum absolute atomic E-state index is 17.0. The fraction of sp³-hybridized carbons (Fsp3) is 0.224. The molecule has 0 radical (unpaired) electrons. The zero-order valence-corrected chi connectivity index (χ0v) is 33.3. The Balaban J connectivity index is 1.34. The maximum Gasteiger partial charge on any atom is 0.178 e. The van der Waals surface area contributed by atoms with Crippen molar-refractivity contribution in [3.05, 3.63) is 174 Å². The van der Waals surface area contributed by atoms with Crippen LogP contribution in [0.4, 0.5) is 39.8 Å². The molecule has 4 aliphatic rings. The van der Waals surface area contributed by atoms with E-state index < -0.39 is 7.14 Å². The number of nitrogens with one attached hydrogen (secondary N) is 1. The molecule has 0 spiro atoms. The zero-order chi connectivity index (χ0) is 37.9. The molecule has 0 saturated carbocycles. The molecule has 6 heteroatoms. The monoisotopic (exact) mass is 740 g/mol. The maximum atomic E-state index is 17.0. The largest absolute Gasteiger partial charge is 0.380 e. The van der Waals surface area contributed by atoms with E-state index in [9.17, 15) is 0 Å². The Labute approximate surface area is 326 Å². The van der Waals surface area contributed by atoms with Gasteiger partial charge in [-0.3, -0.25) is 0 Å². The molecule has 5 aromatic rings. The minimum absolute atomic E-state index is 0.0422. The molecular weight excluding hydrogens is 692 g/mol. The summed E-state index contributed by atoms with van der Waals surface area (Å²) in [6.45, 7) is 11.0. The molecule has 3 atom stereocenters. The van der Waals surface area contributed by atoms with Gasteiger partial charge in [0.05, 0.1) is 40.1 Å². The standard InChI is InChI=1S/C49H49N4OP/c1-6-35-31-47-43(33-41(35)50-49(3,4)5)53(39-25-17-10-18-26-39)45-30-34(2)29-44-48(45)55(47,54)46-28-27-40(32-42(46)52(44)38-23-15-9-16-24-38)51(36-19-11-7-12-20-36)37-21-13-8-14-22-37/h7-21,23-26,28-33,37,40,50H,6,22,27H2,1-5H3. The van der Waals surface area contributed by atoms with Crippen molar-refractivity contribution in [3.63, 3.8) is 0 Å². The molecule has 5 nitrogen and oxygen atoms in total. The molecule has 1 N–H and O–H groups in total. The second-order valence-corrected chi connectivity index (χ2v) is 18.8. The molecule has 0 fully saturated rings. The second kappa shape index (κ2) is 13.7. The minimum Gasteiger partial charge on any atom is -0.380 e.